The van der Waals surface area contributed by atoms with Gasteiger partial charge in [-0.1, -0.05) is 31.2 Å². The van der Waals surface area contributed by atoms with Crippen LogP contribution in [0, 0.1) is 0 Å². The second-order valence-electron chi connectivity index (χ2n) is 3.70. The molecule has 3 nitrogen and oxygen atoms in total. The smallest absolute Gasteiger partial charge is 0.160 e. The molecule has 3 heteroatoms. The van der Waals surface area contributed by atoms with Gasteiger partial charge in [0.05, 0.1) is 7.11 Å². The predicted molar refractivity (Wildman–Crippen MR) is 72.1 cm³/mol. The largest absolute Gasteiger partial charge is 0.508 e. The third-order valence-corrected chi connectivity index (χ3v) is 2.41. The van der Waals surface area contributed by atoms with Crippen LogP contribution in [0.1, 0.15) is 12.5 Å². The number of hydrogen-bond donors (Lipinski definition) is 2. The van der Waals surface area contributed by atoms with Gasteiger partial charge in [-0.3, -0.25) is 0 Å². The van der Waals surface area contributed by atoms with Gasteiger partial charge in [-0.2, -0.15) is 0 Å². The van der Waals surface area contributed by atoms with Crippen LogP contribution in [0.5, 0.6) is 17.2 Å². The molecule has 2 N–H and O–H groups in total. The molecule has 0 fully saturated rings. The first-order valence-corrected chi connectivity index (χ1v) is 5.77. The average Bonchev–Trinajstić information content (AvgIpc) is 2.41. The van der Waals surface area contributed by atoms with E-state index in [0.29, 0.717) is 11.5 Å². The lowest BCUT2D eigenvalue weighted by Gasteiger charge is -2.03. The lowest BCUT2D eigenvalue weighted by Crippen LogP contribution is -1.86. The van der Waals surface area contributed by atoms with Gasteiger partial charge in [0.1, 0.15) is 5.75 Å². The van der Waals surface area contributed by atoms with E-state index in [-0.39, 0.29) is 5.75 Å². The number of aromatic hydroxyl groups is 2. The summed E-state index contributed by atoms with van der Waals surface area (Å²) in [4.78, 5) is 0. The molecule has 0 bridgehead atoms. The molecule has 0 saturated heterocycles. The summed E-state index contributed by atoms with van der Waals surface area (Å²) in [6.45, 7) is 2.06. The summed E-state index contributed by atoms with van der Waals surface area (Å²) in [5.74, 6) is 1.07. The Hall–Kier alpha value is -2.16. The summed E-state index contributed by atoms with van der Waals surface area (Å²) in [6, 6.07) is 14.1. The van der Waals surface area contributed by atoms with Crippen molar-refractivity contribution < 1.29 is 14.9 Å². The van der Waals surface area contributed by atoms with Crippen LogP contribution in [0.3, 0.4) is 0 Å². The molecule has 0 amide bonds. The quantitative estimate of drug-likeness (QED) is 0.854. The third-order valence-electron chi connectivity index (χ3n) is 2.41. The maximum absolute atomic E-state index is 9.21. The Kier molecular flexibility index (Phi) is 5.58. The lowest BCUT2D eigenvalue weighted by molar-refractivity contribution is 0.373. The van der Waals surface area contributed by atoms with Crippen molar-refractivity contribution in [3.8, 4) is 17.2 Å². The topological polar surface area (TPSA) is 49.7 Å². The summed E-state index contributed by atoms with van der Waals surface area (Å²) < 4.78 is 4.94. The molecule has 0 aliphatic rings. The van der Waals surface area contributed by atoms with Crippen LogP contribution in [0.15, 0.2) is 48.5 Å². The van der Waals surface area contributed by atoms with Gasteiger partial charge in [-0.15, -0.1) is 0 Å². The van der Waals surface area contributed by atoms with Gasteiger partial charge in [0.25, 0.3) is 0 Å². The molecular weight excluding hydrogens is 228 g/mol. The van der Waals surface area contributed by atoms with E-state index in [0.717, 1.165) is 6.42 Å². The highest BCUT2D eigenvalue weighted by Crippen LogP contribution is 2.26. The Bertz CT molecular complexity index is 466. The van der Waals surface area contributed by atoms with Crippen LogP contribution in [0.2, 0.25) is 0 Å². The zero-order chi connectivity index (χ0) is 13.4. The number of benzene rings is 2. The summed E-state index contributed by atoms with van der Waals surface area (Å²) in [6.07, 6.45) is 0.955. The molecule has 2 aromatic carbocycles. The van der Waals surface area contributed by atoms with E-state index in [1.165, 1.54) is 5.56 Å². The number of hydrogen-bond acceptors (Lipinski definition) is 3. The van der Waals surface area contributed by atoms with Crippen molar-refractivity contribution in [1.29, 1.82) is 0 Å². The minimum Gasteiger partial charge on any atom is -0.508 e. The Morgan fingerprint density at radius 3 is 2.11 bits per heavy atom. The average molecular weight is 246 g/mol. The highest BCUT2D eigenvalue weighted by Gasteiger charge is 1.99. The normalized spacial score (nSPS) is 9.22. The van der Waals surface area contributed by atoms with E-state index in [1.54, 1.807) is 37.4 Å². The highest BCUT2D eigenvalue weighted by atomic mass is 16.5. The number of rotatable bonds is 2. The van der Waals surface area contributed by atoms with Crippen molar-refractivity contribution in [3.63, 3.8) is 0 Å². The lowest BCUT2D eigenvalue weighted by atomic mass is 10.1. The van der Waals surface area contributed by atoms with Gasteiger partial charge >= 0.3 is 0 Å². The van der Waals surface area contributed by atoms with Crippen LogP contribution in [0.4, 0.5) is 0 Å². The number of phenolic OH excluding ortho intramolecular Hbond substituents is 2. The minimum atomic E-state index is 0.199. The van der Waals surface area contributed by atoms with Crippen LogP contribution < -0.4 is 4.74 Å². The molecule has 0 heterocycles. The number of ether oxygens (including phenoxy) is 1. The van der Waals surface area contributed by atoms with Gasteiger partial charge in [0, 0.05) is 0 Å². The molecule has 0 aliphatic heterocycles. The van der Waals surface area contributed by atoms with Crippen LogP contribution in [0.25, 0.3) is 0 Å². The van der Waals surface area contributed by atoms with E-state index in [4.69, 9.17) is 9.84 Å². The molecule has 96 valence electrons. The fourth-order valence-corrected chi connectivity index (χ4v) is 1.37. The van der Waals surface area contributed by atoms with Crippen LogP contribution >= 0.6 is 0 Å². The third kappa shape index (κ3) is 4.37. The van der Waals surface area contributed by atoms with E-state index in [1.807, 2.05) is 18.2 Å². The van der Waals surface area contributed by atoms with Crippen molar-refractivity contribution in [1.82, 2.24) is 0 Å². The molecular formula is C15H18O3. The van der Waals surface area contributed by atoms with Crippen molar-refractivity contribution in [3.05, 3.63) is 54.1 Å². The van der Waals surface area contributed by atoms with Gasteiger partial charge in [0.15, 0.2) is 11.5 Å². The van der Waals surface area contributed by atoms with Crippen LogP contribution in [-0.4, -0.2) is 17.3 Å². The number of para-hydroxylation sites is 1. The maximum Gasteiger partial charge on any atom is 0.160 e. The molecule has 2 rings (SSSR count). The SMILES string of the molecule is CCc1ccc(O)c(OC)c1.Oc1ccccc1. The number of methoxy groups -OCH3 is 1. The second kappa shape index (κ2) is 7.22. The molecule has 18 heavy (non-hydrogen) atoms. The molecule has 0 spiro atoms. The fraction of sp³-hybridized carbons (Fsp3) is 0.200. The first kappa shape index (κ1) is 13.9. The maximum atomic E-state index is 9.21. The molecule has 0 aliphatic carbocycles. The van der Waals surface area contributed by atoms with Gasteiger partial charge < -0.3 is 14.9 Å². The Morgan fingerprint density at radius 2 is 1.67 bits per heavy atom. The molecule has 0 unspecified atom stereocenters. The highest BCUT2D eigenvalue weighted by molar-refractivity contribution is 5.41. The summed E-state index contributed by atoms with van der Waals surface area (Å²) in [7, 11) is 1.55. The first-order chi connectivity index (χ1) is 8.67. The fourth-order valence-electron chi connectivity index (χ4n) is 1.37. The van der Waals surface area contributed by atoms with Gasteiger partial charge in [-0.05, 0) is 36.2 Å². The summed E-state index contributed by atoms with van der Waals surface area (Å²) in [5.41, 5.74) is 1.17. The Labute approximate surface area is 107 Å². The molecule has 2 aromatic rings. The Morgan fingerprint density at radius 1 is 1.00 bits per heavy atom. The summed E-state index contributed by atoms with van der Waals surface area (Å²) >= 11 is 0. The monoisotopic (exact) mass is 246 g/mol. The Balaban J connectivity index is 0.000000199. The zero-order valence-corrected chi connectivity index (χ0v) is 10.6. The van der Waals surface area contributed by atoms with Crippen molar-refractivity contribution in [2.45, 2.75) is 13.3 Å². The second-order valence-corrected chi connectivity index (χ2v) is 3.70. The standard InChI is InChI=1S/C9H12O2.C6H6O/c1-3-7-4-5-8(10)9(6-7)11-2;7-6-4-2-1-3-5-6/h4-6,10H,3H2,1-2H3;1-5,7H. The van der Waals surface area contributed by atoms with Crippen molar-refractivity contribution in [2.24, 2.45) is 0 Å². The summed E-state index contributed by atoms with van der Waals surface area (Å²) in [5, 5.41) is 17.8. The van der Waals surface area contributed by atoms with Crippen molar-refractivity contribution in [2.75, 3.05) is 7.11 Å². The number of aryl methyl sites for hydroxylation is 1. The van der Waals surface area contributed by atoms with Gasteiger partial charge in [0.2, 0.25) is 0 Å². The van der Waals surface area contributed by atoms with E-state index in [2.05, 4.69) is 6.92 Å². The first-order valence-electron chi connectivity index (χ1n) is 5.77. The van der Waals surface area contributed by atoms with E-state index < -0.39 is 0 Å². The number of phenols is 2. The van der Waals surface area contributed by atoms with E-state index in [9.17, 15) is 5.11 Å². The predicted octanol–water partition coefficient (Wildman–Crippen LogP) is 3.36. The zero-order valence-electron chi connectivity index (χ0n) is 10.6. The molecule has 0 saturated carbocycles. The van der Waals surface area contributed by atoms with E-state index >= 15 is 0 Å². The molecule has 0 atom stereocenters. The van der Waals surface area contributed by atoms with Crippen molar-refractivity contribution >= 4 is 0 Å². The van der Waals surface area contributed by atoms with Gasteiger partial charge in [-0.25, -0.2) is 0 Å². The molecule has 0 aromatic heterocycles. The molecule has 0 radical (unpaired) electrons. The minimum absolute atomic E-state index is 0.199. The van der Waals surface area contributed by atoms with Crippen LogP contribution in [-0.2, 0) is 6.42 Å².